The highest BCUT2D eigenvalue weighted by Gasteiger charge is 2.49. The Kier molecular flexibility index (Phi) is 2.59. The number of hydrogen-bond acceptors (Lipinski definition) is 2. The van der Waals surface area contributed by atoms with Crippen molar-refractivity contribution in [3.8, 4) is 5.75 Å². The molecule has 0 aromatic heterocycles. The van der Waals surface area contributed by atoms with Crippen molar-refractivity contribution in [2.24, 2.45) is 0 Å². The molecule has 0 bridgehead atoms. The minimum absolute atomic E-state index is 0.217. The van der Waals surface area contributed by atoms with Gasteiger partial charge in [-0.3, -0.25) is 4.79 Å². The standard InChI is InChI=1S/C12H13BrO2/c1-8(14)12(5-6-12)10-4-3-9(15-2)7-11(10)13/h3-4,7H,5-6H2,1-2H3. The van der Waals surface area contributed by atoms with Crippen LogP contribution < -0.4 is 4.74 Å². The van der Waals surface area contributed by atoms with Crippen LogP contribution in [0.2, 0.25) is 0 Å². The van der Waals surface area contributed by atoms with Crippen LogP contribution in [0, 0.1) is 0 Å². The fourth-order valence-corrected chi connectivity index (χ4v) is 2.68. The van der Waals surface area contributed by atoms with Gasteiger partial charge in [0.05, 0.1) is 12.5 Å². The summed E-state index contributed by atoms with van der Waals surface area (Å²) >= 11 is 3.50. The molecule has 0 spiro atoms. The van der Waals surface area contributed by atoms with Crippen LogP contribution >= 0.6 is 15.9 Å². The molecule has 1 saturated carbocycles. The van der Waals surface area contributed by atoms with E-state index in [-0.39, 0.29) is 11.2 Å². The molecular weight excluding hydrogens is 256 g/mol. The molecule has 80 valence electrons. The highest BCUT2D eigenvalue weighted by molar-refractivity contribution is 9.10. The molecule has 0 radical (unpaired) electrons. The molecule has 0 heterocycles. The second-order valence-electron chi connectivity index (χ2n) is 3.98. The van der Waals surface area contributed by atoms with E-state index in [2.05, 4.69) is 15.9 Å². The first-order valence-corrected chi connectivity index (χ1v) is 5.74. The molecule has 1 aromatic rings. The van der Waals surface area contributed by atoms with E-state index in [0.717, 1.165) is 28.6 Å². The molecule has 0 aliphatic heterocycles. The average molecular weight is 269 g/mol. The first-order chi connectivity index (χ1) is 7.10. The molecule has 15 heavy (non-hydrogen) atoms. The van der Waals surface area contributed by atoms with E-state index in [4.69, 9.17) is 4.74 Å². The second-order valence-corrected chi connectivity index (χ2v) is 4.84. The molecule has 0 saturated heterocycles. The third-order valence-corrected chi connectivity index (χ3v) is 3.77. The minimum atomic E-state index is -0.217. The molecular formula is C12H13BrO2. The van der Waals surface area contributed by atoms with E-state index in [1.165, 1.54) is 0 Å². The average Bonchev–Trinajstić information content (AvgIpc) is 2.98. The number of carbonyl (C=O) groups is 1. The van der Waals surface area contributed by atoms with Crippen LogP contribution in [0.25, 0.3) is 0 Å². The van der Waals surface area contributed by atoms with Crippen LogP contribution in [-0.2, 0) is 10.2 Å². The van der Waals surface area contributed by atoms with Gasteiger partial charge in [0.2, 0.25) is 0 Å². The number of benzene rings is 1. The van der Waals surface area contributed by atoms with Crippen LogP contribution in [0.1, 0.15) is 25.3 Å². The number of carbonyl (C=O) groups excluding carboxylic acids is 1. The molecule has 1 fully saturated rings. The zero-order chi connectivity index (χ0) is 11.1. The van der Waals surface area contributed by atoms with Gasteiger partial charge >= 0.3 is 0 Å². The van der Waals surface area contributed by atoms with Crippen LogP contribution in [0.15, 0.2) is 22.7 Å². The number of methoxy groups -OCH3 is 1. The van der Waals surface area contributed by atoms with Crippen molar-refractivity contribution >= 4 is 21.7 Å². The molecule has 3 heteroatoms. The molecule has 0 unspecified atom stereocenters. The van der Waals surface area contributed by atoms with Crippen LogP contribution in [0.3, 0.4) is 0 Å². The van der Waals surface area contributed by atoms with E-state index in [1.807, 2.05) is 18.2 Å². The summed E-state index contributed by atoms with van der Waals surface area (Å²) in [6, 6.07) is 5.80. The predicted octanol–water partition coefficient (Wildman–Crippen LogP) is 3.08. The molecule has 0 atom stereocenters. The summed E-state index contributed by atoms with van der Waals surface area (Å²) < 4.78 is 6.10. The van der Waals surface area contributed by atoms with Crippen LogP contribution in [0.5, 0.6) is 5.75 Å². The van der Waals surface area contributed by atoms with Gasteiger partial charge in [0.15, 0.2) is 0 Å². The van der Waals surface area contributed by atoms with Gasteiger partial charge in [-0.05, 0) is 37.5 Å². The van der Waals surface area contributed by atoms with Gasteiger partial charge in [-0.1, -0.05) is 22.0 Å². The lowest BCUT2D eigenvalue weighted by Gasteiger charge is -2.14. The van der Waals surface area contributed by atoms with Crippen molar-refractivity contribution in [3.05, 3.63) is 28.2 Å². The maximum atomic E-state index is 11.6. The summed E-state index contributed by atoms with van der Waals surface area (Å²) in [5.41, 5.74) is 0.876. The Hall–Kier alpha value is -0.830. The Bertz CT molecular complexity index is 408. The second kappa shape index (κ2) is 3.63. The topological polar surface area (TPSA) is 26.3 Å². The van der Waals surface area contributed by atoms with Gasteiger partial charge in [0.25, 0.3) is 0 Å². The van der Waals surface area contributed by atoms with E-state index in [9.17, 15) is 4.79 Å². The molecule has 0 amide bonds. The summed E-state index contributed by atoms with van der Waals surface area (Å²) in [4.78, 5) is 11.6. The normalized spacial score (nSPS) is 17.3. The van der Waals surface area contributed by atoms with E-state index < -0.39 is 0 Å². The van der Waals surface area contributed by atoms with Crippen molar-refractivity contribution in [3.63, 3.8) is 0 Å². The van der Waals surface area contributed by atoms with Gasteiger partial charge < -0.3 is 4.74 Å². The number of rotatable bonds is 3. The summed E-state index contributed by atoms with van der Waals surface area (Å²) in [7, 11) is 1.64. The highest BCUT2D eigenvalue weighted by Crippen LogP contribution is 2.51. The molecule has 2 rings (SSSR count). The Morgan fingerprint density at radius 3 is 2.53 bits per heavy atom. The Morgan fingerprint density at radius 2 is 2.13 bits per heavy atom. The van der Waals surface area contributed by atoms with Crippen molar-refractivity contribution in [1.29, 1.82) is 0 Å². The number of Topliss-reactive ketones (excluding diaryl/α,β-unsaturated/α-hetero) is 1. The maximum Gasteiger partial charge on any atom is 0.140 e. The lowest BCUT2D eigenvalue weighted by Crippen LogP contribution is -2.17. The number of ketones is 1. The van der Waals surface area contributed by atoms with E-state index in [1.54, 1.807) is 14.0 Å². The molecule has 2 nitrogen and oxygen atoms in total. The van der Waals surface area contributed by atoms with Crippen LogP contribution in [-0.4, -0.2) is 12.9 Å². The summed E-state index contributed by atoms with van der Waals surface area (Å²) in [5, 5.41) is 0. The van der Waals surface area contributed by atoms with Crippen molar-refractivity contribution < 1.29 is 9.53 Å². The van der Waals surface area contributed by atoms with E-state index >= 15 is 0 Å². The number of ether oxygens (including phenoxy) is 1. The first kappa shape index (κ1) is 10.7. The third kappa shape index (κ3) is 1.69. The summed E-state index contributed by atoms with van der Waals surface area (Å²) in [6.45, 7) is 1.67. The highest BCUT2D eigenvalue weighted by atomic mass is 79.9. The Morgan fingerprint density at radius 1 is 1.47 bits per heavy atom. The lowest BCUT2D eigenvalue weighted by molar-refractivity contribution is -0.119. The monoisotopic (exact) mass is 268 g/mol. The molecule has 1 aromatic carbocycles. The Labute approximate surface area is 97.8 Å². The Balaban J connectivity index is 2.42. The van der Waals surface area contributed by atoms with Crippen molar-refractivity contribution in [2.75, 3.05) is 7.11 Å². The fraction of sp³-hybridized carbons (Fsp3) is 0.417. The van der Waals surface area contributed by atoms with Crippen molar-refractivity contribution in [2.45, 2.75) is 25.2 Å². The first-order valence-electron chi connectivity index (χ1n) is 4.95. The summed E-state index contributed by atoms with van der Waals surface area (Å²) in [6.07, 6.45) is 1.93. The van der Waals surface area contributed by atoms with Crippen molar-refractivity contribution in [1.82, 2.24) is 0 Å². The number of hydrogen-bond donors (Lipinski definition) is 0. The number of halogens is 1. The smallest absolute Gasteiger partial charge is 0.140 e. The maximum absolute atomic E-state index is 11.6. The SMILES string of the molecule is COc1ccc(C2(C(C)=O)CC2)c(Br)c1. The quantitative estimate of drug-likeness (QED) is 0.842. The minimum Gasteiger partial charge on any atom is -0.497 e. The zero-order valence-corrected chi connectivity index (χ0v) is 10.4. The summed E-state index contributed by atoms with van der Waals surface area (Å²) in [5.74, 6) is 1.07. The van der Waals surface area contributed by atoms with Gasteiger partial charge in [0.1, 0.15) is 11.5 Å². The molecule has 1 aliphatic rings. The molecule has 1 aliphatic carbocycles. The largest absolute Gasteiger partial charge is 0.497 e. The lowest BCUT2D eigenvalue weighted by atomic mass is 9.92. The van der Waals surface area contributed by atoms with Gasteiger partial charge in [-0.2, -0.15) is 0 Å². The van der Waals surface area contributed by atoms with Gasteiger partial charge in [-0.15, -0.1) is 0 Å². The van der Waals surface area contributed by atoms with Gasteiger partial charge in [0, 0.05) is 4.47 Å². The van der Waals surface area contributed by atoms with Crippen LogP contribution in [0.4, 0.5) is 0 Å². The third-order valence-electron chi connectivity index (χ3n) is 3.12. The zero-order valence-electron chi connectivity index (χ0n) is 8.84. The predicted molar refractivity (Wildman–Crippen MR) is 62.3 cm³/mol. The van der Waals surface area contributed by atoms with Gasteiger partial charge in [-0.25, -0.2) is 0 Å². The van der Waals surface area contributed by atoms with E-state index in [0.29, 0.717) is 0 Å². The molecule has 0 N–H and O–H groups in total. The fourth-order valence-electron chi connectivity index (χ4n) is 1.95.